The van der Waals surface area contributed by atoms with E-state index in [1.165, 1.54) is 30.4 Å². The lowest BCUT2D eigenvalue weighted by atomic mass is 9.96. The molecular formula is C30H48O2. The minimum Gasteiger partial charge on any atom is -0.378 e. The molecule has 0 bridgehead atoms. The highest BCUT2D eigenvalue weighted by Gasteiger charge is 2.15. The van der Waals surface area contributed by atoms with Crippen molar-refractivity contribution >= 4 is 0 Å². The molecule has 2 heteroatoms. The fourth-order valence-corrected chi connectivity index (χ4v) is 3.24. The first-order chi connectivity index (χ1) is 14.8. The summed E-state index contributed by atoms with van der Waals surface area (Å²) in [5.74, 6) is 12.4. The molecule has 0 aliphatic rings. The van der Waals surface area contributed by atoms with E-state index in [0.29, 0.717) is 12.3 Å². The first-order valence-corrected chi connectivity index (χ1v) is 12.3. The van der Waals surface area contributed by atoms with Crippen molar-refractivity contribution in [2.24, 2.45) is 11.8 Å². The molecule has 0 aromatic carbocycles. The molecular weight excluding hydrogens is 392 g/mol. The lowest BCUT2D eigenvalue weighted by Gasteiger charge is -2.14. The minimum atomic E-state index is -1.21. The van der Waals surface area contributed by atoms with Gasteiger partial charge in [0, 0.05) is 0 Å². The molecule has 0 aromatic rings. The van der Waals surface area contributed by atoms with Crippen molar-refractivity contribution in [3.8, 4) is 23.7 Å². The average Bonchev–Trinajstić information content (AvgIpc) is 2.64. The molecule has 0 saturated carbocycles. The van der Waals surface area contributed by atoms with Crippen molar-refractivity contribution in [3.05, 3.63) is 35.5 Å². The molecule has 3 unspecified atom stereocenters. The van der Waals surface area contributed by atoms with E-state index in [-0.39, 0.29) is 0 Å². The second-order valence-electron chi connectivity index (χ2n) is 10.4. The number of allylic oxidation sites excluding steroid dienone is 5. The standard InChI is InChI=1S/C30H48O2/c1-25(2)15-11-17-27(5)19-13-23-29(7,31)21-9-10-22-30(8,32)24-14-20-28(6)18-12-16-26(3)4/h13,16,20,23,25,27,31-32H,11-12,14-15,17-19,24H2,1-8H3. The molecule has 0 heterocycles. The maximum atomic E-state index is 10.5. The normalized spacial score (nSPS) is 16.4. The van der Waals surface area contributed by atoms with Gasteiger partial charge in [-0.3, -0.25) is 0 Å². The largest absolute Gasteiger partial charge is 0.378 e. The predicted molar refractivity (Wildman–Crippen MR) is 140 cm³/mol. The highest BCUT2D eigenvalue weighted by Crippen LogP contribution is 2.17. The Kier molecular flexibility index (Phi) is 15.1. The Morgan fingerprint density at radius 3 is 2.19 bits per heavy atom. The van der Waals surface area contributed by atoms with Crippen molar-refractivity contribution in [1.82, 2.24) is 0 Å². The summed E-state index contributed by atoms with van der Waals surface area (Å²) in [6.45, 7) is 16.5. The van der Waals surface area contributed by atoms with Gasteiger partial charge in [0.2, 0.25) is 0 Å². The summed E-state index contributed by atoms with van der Waals surface area (Å²) in [5.41, 5.74) is 0.392. The summed E-state index contributed by atoms with van der Waals surface area (Å²) in [6, 6.07) is 0. The van der Waals surface area contributed by atoms with Crippen LogP contribution in [-0.4, -0.2) is 21.4 Å². The molecule has 0 radical (unpaired) electrons. The minimum absolute atomic E-state index is 0.562. The lowest BCUT2D eigenvalue weighted by molar-refractivity contribution is 0.113. The van der Waals surface area contributed by atoms with E-state index in [2.05, 4.69) is 77.4 Å². The van der Waals surface area contributed by atoms with Gasteiger partial charge < -0.3 is 10.2 Å². The zero-order chi connectivity index (χ0) is 24.6. The summed E-state index contributed by atoms with van der Waals surface area (Å²) in [7, 11) is 0. The molecule has 0 fully saturated rings. The van der Waals surface area contributed by atoms with Gasteiger partial charge in [0.1, 0.15) is 11.2 Å². The van der Waals surface area contributed by atoms with E-state index in [1.807, 2.05) is 6.08 Å². The molecule has 180 valence electrons. The van der Waals surface area contributed by atoms with Gasteiger partial charge in [-0.1, -0.05) is 81.2 Å². The third-order valence-corrected chi connectivity index (χ3v) is 5.38. The lowest BCUT2D eigenvalue weighted by Crippen LogP contribution is -2.21. The van der Waals surface area contributed by atoms with Crippen molar-refractivity contribution in [2.75, 3.05) is 0 Å². The highest BCUT2D eigenvalue weighted by molar-refractivity contribution is 5.34. The SMILES string of the molecule is CC(C)=CCCC(C)=CCCC(C)(O)C#CC#CC(C)(O)C=CCC(C)CCCC(C)C. The first kappa shape index (κ1) is 30.3. The van der Waals surface area contributed by atoms with E-state index in [1.54, 1.807) is 19.9 Å². The Hall–Kier alpha value is -1.74. The fourth-order valence-electron chi connectivity index (χ4n) is 3.24. The molecule has 0 aromatic heterocycles. The first-order valence-electron chi connectivity index (χ1n) is 12.3. The second kappa shape index (κ2) is 16.0. The summed E-state index contributed by atoms with van der Waals surface area (Å²) < 4.78 is 0. The molecule has 3 atom stereocenters. The third kappa shape index (κ3) is 19.0. The van der Waals surface area contributed by atoms with Gasteiger partial charge in [0.05, 0.1) is 0 Å². The second-order valence-corrected chi connectivity index (χ2v) is 10.4. The topological polar surface area (TPSA) is 40.5 Å². The predicted octanol–water partition coefficient (Wildman–Crippen LogP) is 7.38. The molecule has 0 aliphatic carbocycles. The molecule has 0 amide bonds. The van der Waals surface area contributed by atoms with Gasteiger partial charge in [0.15, 0.2) is 0 Å². The molecule has 0 aliphatic heterocycles. The van der Waals surface area contributed by atoms with E-state index in [9.17, 15) is 10.2 Å². The average molecular weight is 441 g/mol. The van der Waals surface area contributed by atoms with Gasteiger partial charge >= 0.3 is 0 Å². The molecule has 2 nitrogen and oxygen atoms in total. The Bertz CT molecular complexity index is 735. The Morgan fingerprint density at radius 2 is 1.56 bits per heavy atom. The van der Waals surface area contributed by atoms with Gasteiger partial charge in [0.25, 0.3) is 0 Å². The third-order valence-electron chi connectivity index (χ3n) is 5.38. The monoisotopic (exact) mass is 440 g/mol. The van der Waals surface area contributed by atoms with Crippen LogP contribution in [0.25, 0.3) is 0 Å². The van der Waals surface area contributed by atoms with Crippen LogP contribution in [0.1, 0.15) is 107 Å². The zero-order valence-electron chi connectivity index (χ0n) is 22.0. The quantitative estimate of drug-likeness (QED) is 0.232. The van der Waals surface area contributed by atoms with Crippen LogP contribution in [0.5, 0.6) is 0 Å². The van der Waals surface area contributed by atoms with Crippen molar-refractivity contribution in [2.45, 2.75) is 118 Å². The molecule has 32 heavy (non-hydrogen) atoms. The summed E-state index contributed by atoms with van der Waals surface area (Å²) in [4.78, 5) is 0. The number of aliphatic hydroxyl groups is 2. The van der Waals surface area contributed by atoms with Crippen molar-refractivity contribution < 1.29 is 10.2 Å². The van der Waals surface area contributed by atoms with Crippen LogP contribution < -0.4 is 0 Å². The van der Waals surface area contributed by atoms with Crippen LogP contribution >= 0.6 is 0 Å². The van der Waals surface area contributed by atoms with Gasteiger partial charge in [-0.05, 0) is 96.5 Å². The van der Waals surface area contributed by atoms with Gasteiger partial charge in [-0.2, -0.15) is 0 Å². The van der Waals surface area contributed by atoms with Crippen molar-refractivity contribution in [1.29, 1.82) is 0 Å². The van der Waals surface area contributed by atoms with Crippen molar-refractivity contribution in [3.63, 3.8) is 0 Å². The molecule has 2 N–H and O–H groups in total. The highest BCUT2D eigenvalue weighted by atomic mass is 16.3. The summed E-state index contributed by atoms with van der Waals surface area (Å²) in [5, 5.41) is 20.9. The van der Waals surface area contributed by atoms with Crippen LogP contribution in [0, 0.1) is 35.5 Å². The number of hydrogen-bond donors (Lipinski definition) is 2. The fraction of sp³-hybridized carbons (Fsp3) is 0.667. The number of rotatable bonds is 13. The summed E-state index contributed by atoms with van der Waals surface area (Å²) in [6.07, 6.45) is 16.3. The van der Waals surface area contributed by atoms with Gasteiger partial charge in [-0.25, -0.2) is 0 Å². The zero-order valence-corrected chi connectivity index (χ0v) is 22.0. The molecule has 0 saturated heterocycles. The van der Waals surface area contributed by atoms with E-state index >= 15 is 0 Å². The van der Waals surface area contributed by atoms with Crippen LogP contribution in [0.3, 0.4) is 0 Å². The molecule has 0 rings (SSSR count). The maximum absolute atomic E-state index is 10.5. The number of hydrogen-bond acceptors (Lipinski definition) is 2. The van der Waals surface area contributed by atoms with E-state index < -0.39 is 11.2 Å². The van der Waals surface area contributed by atoms with Crippen LogP contribution in [0.15, 0.2) is 35.5 Å². The van der Waals surface area contributed by atoms with E-state index in [0.717, 1.165) is 31.6 Å². The van der Waals surface area contributed by atoms with E-state index in [4.69, 9.17) is 0 Å². The summed E-state index contributed by atoms with van der Waals surface area (Å²) >= 11 is 0. The van der Waals surface area contributed by atoms with Crippen LogP contribution in [-0.2, 0) is 0 Å². The Morgan fingerprint density at radius 1 is 0.906 bits per heavy atom. The Labute approximate surface area is 199 Å². The van der Waals surface area contributed by atoms with Crippen LogP contribution in [0.2, 0.25) is 0 Å². The van der Waals surface area contributed by atoms with Crippen LogP contribution in [0.4, 0.5) is 0 Å². The molecule has 0 spiro atoms. The Balaban J connectivity index is 4.54. The smallest absolute Gasteiger partial charge is 0.142 e. The van der Waals surface area contributed by atoms with Gasteiger partial charge in [-0.15, -0.1) is 0 Å². The maximum Gasteiger partial charge on any atom is 0.142 e.